The van der Waals surface area contributed by atoms with E-state index in [1.165, 1.54) is 16.7 Å². The maximum atomic E-state index is 14.0. The number of alkyl halides is 1. The van der Waals surface area contributed by atoms with Gasteiger partial charge in [0.05, 0.1) is 0 Å². The average Bonchev–Trinajstić information content (AvgIpc) is 3.14. The van der Waals surface area contributed by atoms with Crippen molar-refractivity contribution in [2.75, 3.05) is 0 Å². The zero-order chi connectivity index (χ0) is 19.9. The average molecular weight is 382 g/mol. The van der Waals surface area contributed by atoms with Crippen LogP contribution >= 0.6 is 0 Å². The van der Waals surface area contributed by atoms with Crippen LogP contribution in [0.4, 0.5) is 4.39 Å². The molecule has 0 spiro atoms. The van der Waals surface area contributed by atoms with Gasteiger partial charge in [0.15, 0.2) is 0 Å². The van der Waals surface area contributed by atoms with Gasteiger partial charge in [-0.1, -0.05) is 61.5 Å². The fourth-order valence-corrected chi connectivity index (χ4v) is 4.69. The van der Waals surface area contributed by atoms with E-state index in [0.717, 1.165) is 45.1 Å². The molecule has 3 rings (SSSR count). The fraction of sp³-hybridized carbons (Fsp3) is 0.538. The van der Waals surface area contributed by atoms with Crippen molar-refractivity contribution in [2.24, 2.45) is 0 Å². The van der Waals surface area contributed by atoms with Crippen LogP contribution in [0, 0.1) is 0 Å². The quantitative estimate of drug-likeness (QED) is 0.456. The standard InChI is InChI=1S/C26H36FN/c1-4-24(28(20(2)3)19-22-9-6-5-7-10-22)18-15-21-13-16-23(17-14-21)25-11-8-12-26(25)27/h5-7,9-10,13-14,16-17,20,24-26H,4,8,11-12,15,18-19H2,1-3H3. The molecule has 152 valence electrons. The maximum absolute atomic E-state index is 14.0. The largest absolute Gasteiger partial charge is 0.294 e. The number of halogens is 1. The van der Waals surface area contributed by atoms with Crippen LogP contribution in [0.15, 0.2) is 54.6 Å². The van der Waals surface area contributed by atoms with Crippen molar-refractivity contribution in [3.63, 3.8) is 0 Å². The zero-order valence-corrected chi connectivity index (χ0v) is 17.8. The van der Waals surface area contributed by atoms with Crippen molar-refractivity contribution in [1.29, 1.82) is 0 Å². The lowest BCUT2D eigenvalue weighted by Crippen LogP contribution is -2.39. The molecule has 2 heteroatoms. The summed E-state index contributed by atoms with van der Waals surface area (Å²) >= 11 is 0. The number of aryl methyl sites for hydroxylation is 1. The first-order chi connectivity index (χ1) is 13.6. The van der Waals surface area contributed by atoms with Crippen LogP contribution in [0.3, 0.4) is 0 Å². The molecule has 1 fully saturated rings. The van der Waals surface area contributed by atoms with Crippen LogP contribution in [0.1, 0.15) is 75.5 Å². The fourth-order valence-electron chi connectivity index (χ4n) is 4.69. The lowest BCUT2D eigenvalue weighted by Gasteiger charge is -2.35. The first kappa shape index (κ1) is 21.0. The van der Waals surface area contributed by atoms with E-state index in [4.69, 9.17) is 0 Å². The minimum absolute atomic E-state index is 0.125. The van der Waals surface area contributed by atoms with Crippen LogP contribution in [0.5, 0.6) is 0 Å². The van der Waals surface area contributed by atoms with Gasteiger partial charge in [0, 0.05) is 24.5 Å². The van der Waals surface area contributed by atoms with Gasteiger partial charge in [-0.3, -0.25) is 4.90 Å². The molecule has 3 unspecified atom stereocenters. The van der Waals surface area contributed by atoms with Crippen LogP contribution in [0.25, 0.3) is 0 Å². The van der Waals surface area contributed by atoms with Crippen molar-refractivity contribution >= 4 is 0 Å². The molecule has 0 saturated heterocycles. The van der Waals surface area contributed by atoms with Crippen molar-refractivity contribution in [3.05, 3.63) is 71.3 Å². The Morgan fingerprint density at radius 1 is 0.964 bits per heavy atom. The van der Waals surface area contributed by atoms with Gasteiger partial charge in [-0.15, -0.1) is 0 Å². The van der Waals surface area contributed by atoms with Crippen molar-refractivity contribution < 1.29 is 4.39 Å². The van der Waals surface area contributed by atoms with Crippen LogP contribution in [0.2, 0.25) is 0 Å². The summed E-state index contributed by atoms with van der Waals surface area (Å²) in [6.07, 6.45) is 5.52. The van der Waals surface area contributed by atoms with E-state index in [-0.39, 0.29) is 5.92 Å². The van der Waals surface area contributed by atoms with E-state index in [1.807, 2.05) is 0 Å². The lowest BCUT2D eigenvalue weighted by atomic mass is 9.94. The third-order valence-corrected chi connectivity index (χ3v) is 6.42. The molecule has 1 aliphatic carbocycles. The topological polar surface area (TPSA) is 3.24 Å². The second-order valence-electron chi connectivity index (χ2n) is 8.65. The number of rotatable bonds is 9. The summed E-state index contributed by atoms with van der Waals surface area (Å²) in [5, 5.41) is 0. The van der Waals surface area contributed by atoms with Gasteiger partial charge in [-0.25, -0.2) is 4.39 Å². The van der Waals surface area contributed by atoms with Gasteiger partial charge < -0.3 is 0 Å². The highest BCUT2D eigenvalue weighted by Crippen LogP contribution is 2.36. The molecular formula is C26H36FN. The van der Waals surface area contributed by atoms with Crippen LogP contribution in [-0.2, 0) is 13.0 Å². The Hall–Kier alpha value is -1.67. The van der Waals surface area contributed by atoms with Crippen LogP contribution < -0.4 is 0 Å². The van der Waals surface area contributed by atoms with Gasteiger partial charge in [0.1, 0.15) is 6.17 Å². The SMILES string of the molecule is CCC(CCc1ccc(C2CCCC2F)cc1)N(Cc1ccccc1)C(C)C. The summed E-state index contributed by atoms with van der Waals surface area (Å²) in [7, 11) is 0. The van der Waals surface area contributed by atoms with Crippen molar-refractivity contribution in [2.45, 2.75) is 90.0 Å². The summed E-state index contributed by atoms with van der Waals surface area (Å²) < 4.78 is 14.0. The molecule has 0 N–H and O–H groups in total. The predicted molar refractivity (Wildman–Crippen MR) is 117 cm³/mol. The second-order valence-corrected chi connectivity index (χ2v) is 8.65. The van der Waals surface area contributed by atoms with E-state index >= 15 is 0 Å². The third kappa shape index (κ3) is 5.44. The second kappa shape index (κ2) is 10.2. The van der Waals surface area contributed by atoms with E-state index in [1.54, 1.807) is 0 Å². The molecular weight excluding hydrogens is 345 g/mol. The van der Waals surface area contributed by atoms with Crippen molar-refractivity contribution in [3.8, 4) is 0 Å². The highest BCUT2D eigenvalue weighted by molar-refractivity contribution is 5.27. The Morgan fingerprint density at radius 3 is 2.25 bits per heavy atom. The molecule has 1 saturated carbocycles. The number of benzene rings is 2. The first-order valence-electron chi connectivity index (χ1n) is 11.1. The Morgan fingerprint density at radius 2 is 1.68 bits per heavy atom. The van der Waals surface area contributed by atoms with E-state index in [0.29, 0.717) is 12.1 Å². The highest BCUT2D eigenvalue weighted by Gasteiger charge is 2.28. The van der Waals surface area contributed by atoms with E-state index < -0.39 is 6.17 Å². The molecule has 2 aromatic carbocycles. The van der Waals surface area contributed by atoms with Gasteiger partial charge >= 0.3 is 0 Å². The monoisotopic (exact) mass is 381 g/mol. The molecule has 0 radical (unpaired) electrons. The minimum atomic E-state index is -0.645. The molecule has 0 amide bonds. The van der Waals surface area contributed by atoms with Gasteiger partial charge in [0.2, 0.25) is 0 Å². The summed E-state index contributed by atoms with van der Waals surface area (Å²) in [4.78, 5) is 2.63. The van der Waals surface area contributed by atoms with Crippen LogP contribution in [-0.4, -0.2) is 23.2 Å². The molecule has 3 atom stereocenters. The van der Waals surface area contributed by atoms with E-state index in [2.05, 4.69) is 80.3 Å². The summed E-state index contributed by atoms with van der Waals surface area (Å²) in [6.45, 7) is 7.91. The first-order valence-corrected chi connectivity index (χ1v) is 11.1. The summed E-state index contributed by atoms with van der Waals surface area (Å²) in [5.74, 6) is 0.125. The number of nitrogens with zero attached hydrogens (tertiary/aromatic N) is 1. The third-order valence-electron chi connectivity index (χ3n) is 6.42. The molecule has 1 aliphatic rings. The molecule has 28 heavy (non-hydrogen) atoms. The smallest absolute Gasteiger partial charge is 0.107 e. The Labute approximate surface area is 171 Å². The van der Waals surface area contributed by atoms with Gasteiger partial charge in [-0.2, -0.15) is 0 Å². The maximum Gasteiger partial charge on any atom is 0.107 e. The van der Waals surface area contributed by atoms with E-state index in [9.17, 15) is 4.39 Å². The number of hydrogen-bond donors (Lipinski definition) is 0. The predicted octanol–water partition coefficient (Wildman–Crippen LogP) is 6.91. The van der Waals surface area contributed by atoms with Gasteiger partial charge in [-0.05, 0) is 69.1 Å². The lowest BCUT2D eigenvalue weighted by molar-refractivity contribution is 0.132. The zero-order valence-electron chi connectivity index (χ0n) is 17.8. The normalized spacial score (nSPS) is 20.8. The minimum Gasteiger partial charge on any atom is -0.294 e. The molecule has 2 aromatic rings. The Balaban J connectivity index is 1.60. The number of hydrogen-bond acceptors (Lipinski definition) is 1. The van der Waals surface area contributed by atoms with Crippen molar-refractivity contribution in [1.82, 2.24) is 4.90 Å². The summed E-state index contributed by atoms with van der Waals surface area (Å²) in [6, 6.07) is 20.7. The molecule has 1 nitrogen and oxygen atoms in total. The molecule has 0 aromatic heterocycles. The highest BCUT2D eigenvalue weighted by atomic mass is 19.1. The molecule has 0 aliphatic heterocycles. The molecule has 0 heterocycles. The summed E-state index contributed by atoms with van der Waals surface area (Å²) in [5.41, 5.74) is 3.95. The van der Waals surface area contributed by atoms with Gasteiger partial charge in [0.25, 0.3) is 0 Å². The Kier molecular flexibility index (Phi) is 7.67. The Bertz CT molecular complexity index is 694. The molecule has 0 bridgehead atoms.